The molecule has 2 aromatic carbocycles. The minimum Gasteiger partial charge on any atom is -0.387 e. The van der Waals surface area contributed by atoms with Gasteiger partial charge < -0.3 is 9.94 Å². The number of hydrogen-bond donors (Lipinski definition) is 2. The molecule has 28 heavy (non-hydrogen) atoms. The van der Waals surface area contributed by atoms with Gasteiger partial charge >= 0.3 is 18.3 Å². The van der Waals surface area contributed by atoms with Gasteiger partial charge in [-0.1, -0.05) is 18.2 Å². The standard InChI is InChI=1S/C18H15F6NO3/c1-10(25-28-16(27)11-5-3-2-4-6-11)15(26)12-7-13(17(19,20)21)9-14(8-12)18(22,23)24/h2-10,15,25-26H,1H3/t10-,15-/m0/s1. The predicted octanol–water partition coefficient (Wildman–Crippen LogP) is 4.51. The van der Waals surface area contributed by atoms with Crippen molar-refractivity contribution in [3.05, 3.63) is 70.8 Å². The molecule has 4 nitrogen and oxygen atoms in total. The number of hydroxylamine groups is 1. The molecule has 0 aliphatic rings. The lowest BCUT2D eigenvalue weighted by atomic mass is 9.98. The molecule has 0 saturated heterocycles. The van der Waals surface area contributed by atoms with Crippen molar-refractivity contribution in [2.45, 2.75) is 31.4 Å². The van der Waals surface area contributed by atoms with E-state index >= 15 is 0 Å². The van der Waals surface area contributed by atoms with Crippen LogP contribution < -0.4 is 5.48 Å². The Bertz CT molecular complexity index is 788. The van der Waals surface area contributed by atoms with Crippen molar-refractivity contribution in [2.75, 3.05) is 0 Å². The van der Waals surface area contributed by atoms with Gasteiger partial charge in [-0.3, -0.25) is 0 Å². The van der Waals surface area contributed by atoms with Crippen LogP contribution in [0.25, 0.3) is 0 Å². The van der Waals surface area contributed by atoms with Crippen molar-refractivity contribution in [1.29, 1.82) is 0 Å². The highest BCUT2D eigenvalue weighted by atomic mass is 19.4. The monoisotopic (exact) mass is 407 g/mol. The molecule has 0 spiro atoms. The van der Waals surface area contributed by atoms with E-state index in [2.05, 4.69) is 5.48 Å². The van der Waals surface area contributed by atoms with E-state index in [1.54, 1.807) is 18.2 Å². The van der Waals surface area contributed by atoms with Crippen molar-refractivity contribution in [2.24, 2.45) is 0 Å². The third kappa shape index (κ3) is 5.46. The van der Waals surface area contributed by atoms with Gasteiger partial charge in [-0.2, -0.15) is 26.3 Å². The summed E-state index contributed by atoms with van der Waals surface area (Å²) in [6.45, 7) is 1.23. The van der Waals surface area contributed by atoms with E-state index in [1.807, 2.05) is 0 Å². The smallest absolute Gasteiger partial charge is 0.387 e. The first-order valence-corrected chi connectivity index (χ1v) is 7.89. The molecular formula is C18H15F6NO3. The van der Waals surface area contributed by atoms with Crippen LogP contribution in [0.2, 0.25) is 0 Å². The molecule has 2 atom stereocenters. The molecule has 0 saturated carbocycles. The topological polar surface area (TPSA) is 58.6 Å². The van der Waals surface area contributed by atoms with Gasteiger partial charge in [-0.25, -0.2) is 4.79 Å². The lowest BCUT2D eigenvalue weighted by Gasteiger charge is -2.22. The molecule has 0 aromatic heterocycles. The van der Waals surface area contributed by atoms with Gasteiger partial charge in [0.2, 0.25) is 0 Å². The highest BCUT2D eigenvalue weighted by molar-refractivity contribution is 5.89. The van der Waals surface area contributed by atoms with E-state index in [0.717, 1.165) is 0 Å². The summed E-state index contributed by atoms with van der Waals surface area (Å²) < 4.78 is 77.4. The van der Waals surface area contributed by atoms with Crippen LogP contribution in [0, 0.1) is 0 Å². The fourth-order valence-electron chi connectivity index (χ4n) is 2.28. The van der Waals surface area contributed by atoms with Crippen LogP contribution in [0.3, 0.4) is 0 Å². The highest BCUT2D eigenvalue weighted by Gasteiger charge is 2.37. The molecule has 0 heterocycles. The van der Waals surface area contributed by atoms with Gasteiger partial charge in [0.15, 0.2) is 0 Å². The number of nitrogens with one attached hydrogen (secondary N) is 1. The summed E-state index contributed by atoms with van der Waals surface area (Å²) in [5.41, 5.74) is -1.43. The molecule has 0 radical (unpaired) electrons. The average molecular weight is 407 g/mol. The second-order valence-corrected chi connectivity index (χ2v) is 5.95. The number of halogens is 6. The van der Waals surface area contributed by atoms with E-state index in [-0.39, 0.29) is 11.6 Å². The van der Waals surface area contributed by atoms with Gasteiger partial charge in [-0.15, -0.1) is 5.48 Å². The first kappa shape index (κ1) is 21.7. The Kier molecular flexibility index (Phi) is 6.35. The third-order valence-electron chi connectivity index (χ3n) is 3.77. The summed E-state index contributed by atoms with van der Waals surface area (Å²) in [7, 11) is 0. The largest absolute Gasteiger partial charge is 0.416 e. The van der Waals surface area contributed by atoms with Gasteiger partial charge in [0.1, 0.15) is 0 Å². The van der Waals surface area contributed by atoms with Crippen LogP contribution in [0.15, 0.2) is 48.5 Å². The SMILES string of the molecule is C[C@H](NOC(=O)c1ccccc1)[C@H](O)c1cc(C(F)(F)F)cc(C(F)(F)F)c1. The second kappa shape index (κ2) is 8.19. The molecule has 10 heteroatoms. The van der Waals surface area contributed by atoms with Gasteiger partial charge in [-0.05, 0) is 42.8 Å². The van der Waals surface area contributed by atoms with Crippen molar-refractivity contribution in [1.82, 2.24) is 5.48 Å². The molecule has 2 rings (SSSR count). The number of rotatable bonds is 5. The first-order valence-electron chi connectivity index (χ1n) is 7.89. The average Bonchev–Trinajstić information content (AvgIpc) is 2.64. The summed E-state index contributed by atoms with van der Waals surface area (Å²) in [6.07, 6.45) is -11.9. The first-order chi connectivity index (χ1) is 12.9. The fourth-order valence-corrected chi connectivity index (χ4v) is 2.28. The maximum absolute atomic E-state index is 12.9. The Morgan fingerprint density at radius 3 is 1.93 bits per heavy atom. The number of aliphatic hydroxyl groups is 1. The van der Waals surface area contributed by atoms with Crippen molar-refractivity contribution >= 4 is 5.97 Å². The molecule has 0 fully saturated rings. The van der Waals surface area contributed by atoms with E-state index in [0.29, 0.717) is 12.1 Å². The van der Waals surface area contributed by atoms with Crippen LogP contribution in [0.5, 0.6) is 0 Å². The zero-order valence-corrected chi connectivity index (χ0v) is 14.3. The molecule has 0 amide bonds. The maximum atomic E-state index is 12.9. The zero-order chi connectivity index (χ0) is 21.1. The molecule has 2 aromatic rings. The fraction of sp³-hybridized carbons (Fsp3) is 0.278. The number of carbonyl (C=O) groups is 1. The summed E-state index contributed by atoms with van der Waals surface area (Å²) in [5, 5.41) is 10.2. The zero-order valence-electron chi connectivity index (χ0n) is 14.3. The Morgan fingerprint density at radius 1 is 0.964 bits per heavy atom. The lowest BCUT2D eigenvalue weighted by molar-refractivity contribution is -0.143. The quantitative estimate of drug-likeness (QED) is 0.566. The van der Waals surface area contributed by atoms with Crippen LogP contribution in [0.1, 0.15) is 40.1 Å². The molecular weight excluding hydrogens is 392 g/mol. The Balaban J connectivity index is 2.19. The molecule has 152 valence electrons. The van der Waals surface area contributed by atoms with E-state index in [9.17, 15) is 36.2 Å². The van der Waals surface area contributed by atoms with Gasteiger partial charge in [0, 0.05) is 0 Å². The molecule has 0 aliphatic carbocycles. The molecule has 0 aliphatic heterocycles. The second-order valence-electron chi connectivity index (χ2n) is 5.95. The molecule has 0 unspecified atom stereocenters. The van der Waals surface area contributed by atoms with E-state index in [1.165, 1.54) is 19.1 Å². The summed E-state index contributed by atoms with van der Waals surface area (Å²) in [5.74, 6) is -0.834. The Morgan fingerprint density at radius 2 is 1.46 bits per heavy atom. The number of carbonyl (C=O) groups excluding carboxylic acids is 1. The van der Waals surface area contributed by atoms with Gasteiger partial charge in [0.25, 0.3) is 0 Å². The molecule has 0 bridgehead atoms. The van der Waals surface area contributed by atoms with Gasteiger partial charge in [0.05, 0.1) is 28.8 Å². The van der Waals surface area contributed by atoms with Crippen molar-refractivity contribution in [3.8, 4) is 0 Å². The van der Waals surface area contributed by atoms with E-state index in [4.69, 9.17) is 4.84 Å². The van der Waals surface area contributed by atoms with Crippen LogP contribution in [0.4, 0.5) is 26.3 Å². The Labute approximate surface area is 155 Å². The maximum Gasteiger partial charge on any atom is 0.416 e. The number of aliphatic hydroxyl groups excluding tert-OH is 1. The highest BCUT2D eigenvalue weighted by Crippen LogP contribution is 2.37. The number of hydrogen-bond acceptors (Lipinski definition) is 4. The summed E-state index contributed by atoms with van der Waals surface area (Å²) >= 11 is 0. The minimum atomic E-state index is -5.04. The third-order valence-corrected chi connectivity index (χ3v) is 3.77. The summed E-state index contributed by atoms with van der Waals surface area (Å²) in [6, 6.07) is 7.26. The lowest BCUT2D eigenvalue weighted by Crippen LogP contribution is -2.34. The number of benzene rings is 2. The van der Waals surface area contributed by atoms with Crippen molar-refractivity contribution in [3.63, 3.8) is 0 Å². The number of alkyl halides is 6. The normalized spacial score (nSPS) is 14.4. The van der Waals surface area contributed by atoms with Crippen LogP contribution in [-0.2, 0) is 17.2 Å². The van der Waals surface area contributed by atoms with Crippen LogP contribution >= 0.6 is 0 Å². The molecule has 2 N–H and O–H groups in total. The van der Waals surface area contributed by atoms with E-state index < -0.39 is 47.2 Å². The van der Waals surface area contributed by atoms with Crippen molar-refractivity contribution < 1.29 is 41.1 Å². The summed E-state index contributed by atoms with van der Waals surface area (Å²) in [4.78, 5) is 16.5. The minimum absolute atomic E-state index is 0.0380. The predicted molar refractivity (Wildman–Crippen MR) is 85.9 cm³/mol. The Hall–Kier alpha value is -2.59. The van der Waals surface area contributed by atoms with Crippen LogP contribution in [-0.4, -0.2) is 17.1 Å².